The topological polar surface area (TPSA) is 47.7 Å². The summed E-state index contributed by atoms with van der Waals surface area (Å²) in [6, 6.07) is 5.25. The van der Waals surface area contributed by atoms with Gasteiger partial charge in [-0.05, 0) is 37.1 Å². The number of methoxy groups -OCH3 is 1. The van der Waals surface area contributed by atoms with Crippen LogP contribution in [0.5, 0.6) is 11.5 Å². The van der Waals surface area contributed by atoms with Crippen molar-refractivity contribution in [1.29, 1.82) is 0 Å². The summed E-state index contributed by atoms with van der Waals surface area (Å²) in [4.78, 5) is 2.26. The van der Waals surface area contributed by atoms with Crippen LogP contribution in [0.15, 0.2) is 18.2 Å². The van der Waals surface area contributed by atoms with Crippen LogP contribution in [-0.2, 0) is 6.54 Å². The van der Waals surface area contributed by atoms with Crippen molar-refractivity contribution >= 4 is 12.4 Å². The Morgan fingerprint density at radius 1 is 1.38 bits per heavy atom. The Bertz CT molecular complexity index is 449. The van der Waals surface area contributed by atoms with Crippen molar-refractivity contribution in [2.75, 3.05) is 20.2 Å². The van der Waals surface area contributed by atoms with E-state index in [0.717, 1.165) is 38.0 Å². The fourth-order valence-corrected chi connectivity index (χ4v) is 2.50. The molecule has 2 N–H and O–H groups in total. The van der Waals surface area contributed by atoms with Gasteiger partial charge in [0.1, 0.15) is 0 Å². The lowest BCUT2D eigenvalue weighted by atomic mass is 10.1. The maximum Gasteiger partial charge on any atom is 0.387 e. The summed E-state index contributed by atoms with van der Waals surface area (Å²) in [7, 11) is 1.44. The monoisotopic (exact) mass is 322 g/mol. The second-order valence-corrected chi connectivity index (χ2v) is 5.00. The molecule has 21 heavy (non-hydrogen) atoms. The predicted octanol–water partition coefficient (Wildman–Crippen LogP) is 2.64. The molecule has 0 radical (unpaired) electrons. The highest BCUT2D eigenvalue weighted by Gasteiger charge is 2.17. The molecule has 2 rings (SSSR count). The molecule has 1 fully saturated rings. The zero-order valence-electron chi connectivity index (χ0n) is 11.9. The molecule has 0 saturated carbocycles. The number of alkyl halides is 2. The van der Waals surface area contributed by atoms with Gasteiger partial charge in [0.05, 0.1) is 7.11 Å². The number of nitrogens with two attached hydrogens (primary N) is 1. The quantitative estimate of drug-likeness (QED) is 0.905. The van der Waals surface area contributed by atoms with Gasteiger partial charge in [0.2, 0.25) is 0 Å². The van der Waals surface area contributed by atoms with Crippen molar-refractivity contribution in [3.05, 3.63) is 23.8 Å². The number of hydrogen-bond donors (Lipinski definition) is 1. The molecule has 4 nitrogen and oxygen atoms in total. The fourth-order valence-electron chi connectivity index (χ4n) is 2.50. The Balaban J connectivity index is 0.00000220. The van der Waals surface area contributed by atoms with Gasteiger partial charge in [0.15, 0.2) is 11.5 Å². The van der Waals surface area contributed by atoms with Crippen molar-refractivity contribution in [2.45, 2.75) is 32.0 Å². The van der Waals surface area contributed by atoms with Crippen molar-refractivity contribution in [3.63, 3.8) is 0 Å². The van der Waals surface area contributed by atoms with Crippen LogP contribution in [0.1, 0.15) is 18.4 Å². The van der Waals surface area contributed by atoms with Gasteiger partial charge in [0, 0.05) is 19.1 Å². The first-order valence-electron chi connectivity index (χ1n) is 6.68. The van der Waals surface area contributed by atoms with E-state index in [9.17, 15) is 8.78 Å². The Morgan fingerprint density at radius 3 is 2.76 bits per heavy atom. The number of rotatable bonds is 5. The first kappa shape index (κ1) is 17.9. The lowest BCUT2D eigenvalue weighted by Crippen LogP contribution is -2.42. The van der Waals surface area contributed by atoms with Gasteiger partial charge in [-0.15, -0.1) is 12.4 Å². The van der Waals surface area contributed by atoms with Gasteiger partial charge in [-0.2, -0.15) is 8.78 Å². The number of nitrogens with zero attached hydrogens (tertiary/aromatic N) is 1. The summed E-state index contributed by atoms with van der Waals surface area (Å²) in [5, 5.41) is 0. The summed E-state index contributed by atoms with van der Waals surface area (Å²) in [6.45, 7) is -0.253. The fraction of sp³-hybridized carbons (Fsp3) is 0.571. The molecule has 1 atom stereocenters. The molecular formula is C14H21ClF2N2O2. The molecule has 7 heteroatoms. The first-order valence-corrected chi connectivity index (χ1v) is 6.68. The Labute approximate surface area is 129 Å². The van der Waals surface area contributed by atoms with Gasteiger partial charge in [-0.3, -0.25) is 4.90 Å². The summed E-state index contributed by atoms with van der Waals surface area (Å²) < 4.78 is 34.0. The van der Waals surface area contributed by atoms with Gasteiger partial charge < -0.3 is 15.2 Å². The van der Waals surface area contributed by atoms with E-state index < -0.39 is 6.61 Å². The molecule has 1 aromatic carbocycles. The largest absolute Gasteiger partial charge is 0.493 e. The number of hydrogen-bond acceptors (Lipinski definition) is 4. The number of piperidine rings is 1. The maximum absolute atomic E-state index is 12.3. The lowest BCUT2D eigenvalue weighted by Gasteiger charge is -2.30. The van der Waals surface area contributed by atoms with Crippen LogP contribution in [0.3, 0.4) is 0 Å². The number of benzene rings is 1. The standard InChI is InChI=1S/C14H20F2N2O2.ClH/c1-19-13-7-10(4-5-12(13)20-14(15)16)8-18-6-2-3-11(17)9-18;/h4-5,7,11,14H,2-3,6,8-9,17H2,1H3;1H/t11-;/m1./s1. The summed E-state index contributed by atoms with van der Waals surface area (Å²) in [5.74, 6) is 0.380. The van der Waals surface area contributed by atoms with Gasteiger partial charge in [0.25, 0.3) is 0 Å². The second-order valence-electron chi connectivity index (χ2n) is 5.00. The van der Waals surface area contributed by atoms with Gasteiger partial charge in [-0.1, -0.05) is 6.07 Å². The van der Waals surface area contributed by atoms with E-state index in [4.69, 9.17) is 10.5 Å². The normalized spacial score (nSPS) is 19.2. The highest BCUT2D eigenvalue weighted by molar-refractivity contribution is 5.85. The van der Waals surface area contributed by atoms with E-state index in [2.05, 4.69) is 9.64 Å². The van der Waals surface area contributed by atoms with Crippen LogP contribution in [0.25, 0.3) is 0 Å². The minimum absolute atomic E-state index is 0. The summed E-state index contributed by atoms with van der Waals surface area (Å²) >= 11 is 0. The van der Waals surface area contributed by atoms with Crippen molar-refractivity contribution in [3.8, 4) is 11.5 Å². The molecule has 1 aliphatic heterocycles. The predicted molar refractivity (Wildman–Crippen MR) is 79.4 cm³/mol. The maximum atomic E-state index is 12.3. The molecule has 1 heterocycles. The minimum Gasteiger partial charge on any atom is -0.493 e. The highest BCUT2D eigenvalue weighted by Crippen LogP contribution is 2.30. The van der Waals surface area contributed by atoms with Crippen molar-refractivity contribution < 1.29 is 18.3 Å². The minimum atomic E-state index is -2.85. The van der Waals surface area contributed by atoms with E-state index in [1.165, 1.54) is 13.2 Å². The molecule has 0 amide bonds. The van der Waals surface area contributed by atoms with Gasteiger partial charge in [-0.25, -0.2) is 0 Å². The summed E-state index contributed by atoms with van der Waals surface area (Å²) in [6.07, 6.45) is 2.14. The van der Waals surface area contributed by atoms with Crippen molar-refractivity contribution in [1.82, 2.24) is 4.90 Å². The molecule has 1 saturated heterocycles. The zero-order valence-corrected chi connectivity index (χ0v) is 12.7. The third-order valence-corrected chi connectivity index (χ3v) is 3.39. The second kappa shape index (κ2) is 8.36. The third kappa shape index (κ3) is 5.30. The summed E-state index contributed by atoms with van der Waals surface area (Å²) in [5.41, 5.74) is 6.94. The van der Waals surface area contributed by atoms with Crippen LogP contribution in [-0.4, -0.2) is 37.8 Å². The number of ether oxygens (including phenoxy) is 2. The zero-order chi connectivity index (χ0) is 14.5. The molecule has 1 aromatic rings. The van der Waals surface area contributed by atoms with Crippen LogP contribution in [0.2, 0.25) is 0 Å². The van der Waals surface area contributed by atoms with Gasteiger partial charge >= 0.3 is 6.61 Å². The molecule has 0 spiro atoms. The molecular weight excluding hydrogens is 302 g/mol. The molecule has 120 valence electrons. The van der Waals surface area contributed by atoms with E-state index >= 15 is 0 Å². The van der Waals surface area contributed by atoms with E-state index in [1.54, 1.807) is 12.1 Å². The molecule has 0 bridgehead atoms. The molecule has 0 aromatic heterocycles. The van der Waals surface area contributed by atoms with Crippen LogP contribution >= 0.6 is 12.4 Å². The SMILES string of the molecule is COc1cc(CN2CCC[C@@H](N)C2)ccc1OC(F)F.Cl. The molecule has 0 unspecified atom stereocenters. The van der Waals surface area contributed by atoms with E-state index in [1.807, 2.05) is 0 Å². The first-order chi connectivity index (χ1) is 9.58. The Hall–Kier alpha value is -1.11. The van der Waals surface area contributed by atoms with Crippen molar-refractivity contribution in [2.24, 2.45) is 5.73 Å². The Morgan fingerprint density at radius 2 is 2.14 bits per heavy atom. The van der Waals surface area contributed by atoms with Crippen LogP contribution in [0.4, 0.5) is 8.78 Å². The smallest absolute Gasteiger partial charge is 0.387 e. The number of halogens is 3. The van der Waals surface area contributed by atoms with E-state index in [0.29, 0.717) is 5.75 Å². The van der Waals surface area contributed by atoms with Crippen LogP contribution < -0.4 is 15.2 Å². The average Bonchev–Trinajstić information content (AvgIpc) is 2.40. The third-order valence-electron chi connectivity index (χ3n) is 3.39. The highest BCUT2D eigenvalue weighted by atomic mass is 35.5. The Kier molecular flexibility index (Phi) is 7.14. The lowest BCUT2D eigenvalue weighted by molar-refractivity contribution is -0.0512. The molecule has 0 aliphatic carbocycles. The van der Waals surface area contributed by atoms with Crippen LogP contribution in [0, 0.1) is 0 Å². The molecule has 1 aliphatic rings. The average molecular weight is 323 g/mol. The van der Waals surface area contributed by atoms with E-state index in [-0.39, 0.29) is 24.2 Å². The number of likely N-dealkylation sites (tertiary alicyclic amines) is 1.